The Hall–Kier alpha value is -1.02. The number of amides is 2. The van der Waals surface area contributed by atoms with Crippen LogP contribution in [0.2, 0.25) is 0 Å². The topological polar surface area (TPSA) is 75.4 Å². The summed E-state index contributed by atoms with van der Waals surface area (Å²) >= 11 is 0. The standard InChI is InChI=1S/C13H20F3N3O2.ClH/c14-13(15,16)7-19-6-9(4-11(19)20)12(21)18-10-3-1-2-8(10)5-17;/h8-10H,1-7,17H2,(H,18,21);1H. The van der Waals surface area contributed by atoms with E-state index in [1.165, 1.54) is 0 Å². The van der Waals surface area contributed by atoms with E-state index in [1.54, 1.807) is 0 Å². The minimum Gasteiger partial charge on any atom is -0.353 e. The molecule has 0 spiro atoms. The summed E-state index contributed by atoms with van der Waals surface area (Å²) in [4.78, 5) is 24.4. The van der Waals surface area contributed by atoms with Crippen LogP contribution >= 0.6 is 12.4 Å². The maximum absolute atomic E-state index is 12.3. The Morgan fingerprint density at radius 2 is 2.05 bits per heavy atom. The normalized spacial score (nSPS) is 28.6. The molecule has 5 nitrogen and oxygen atoms in total. The van der Waals surface area contributed by atoms with Gasteiger partial charge in [-0.2, -0.15) is 13.2 Å². The van der Waals surface area contributed by atoms with E-state index in [9.17, 15) is 22.8 Å². The molecule has 128 valence electrons. The van der Waals surface area contributed by atoms with Gasteiger partial charge in [0.25, 0.3) is 0 Å². The summed E-state index contributed by atoms with van der Waals surface area (Å²) in [5.74, 6) is -1.43. The van der Waals surface area contributed by atoms with Crippen LogP contribution in [-0.4, -0.2) is 48.6 Å². The zero-order valence-electron chi connectivity index (χ0n) is 12.1. The van der Waals surface area contributed by atoms with E-state index in [-0.39, 0.29) is 43.2 Å². The Kier molecular flexibility index (Phi) is 6.49. The number of likely N-dealkylation sites (tertiary alicyclic amines) is 1. The number of rotatable bonds is 4. The van der Waals surface area contributed by atoms with Crippen LogP contribution in [0.4, 0.5) is 13.2 Å². The SMILES string of the molecule is Cl.NCC1CCCC1NC(=O)C1CC(=O)N(CC(F)(F)F)C1. The molecule has 1 saturated carbocycles. The Morgan fingerprint density at radius 3 is 2.64 bits per heavy atom. The highest BCUT2D eigenvalue weighted by Gasteiger charge is 2.41. The Labute approximate surface area is 133 Å². The maximum Gasteiger partial charge on any atom is 0.406 e. The molecule has 1 aliphatic heterocycles. The zero-order valence-corrected chi connectivity index (χ0v) is 12.9. The van der Waals surface area contributed by atoms with E-state index in [0.29, 0.717) is 11.4 Å². The fraction of sp³-hybridized carbons (Fsp3) is 0.846. The predicted octanol–water partition coefficient (Wildman–Crippen LogP) is 1.06. The largest absolute Gasteiger partial charge is 0.406 e. The summed E-state index contributed by atoms with van der Waals surface area (Å²) in [5, 5.41) is 2.85. The van der Waals surface area contributed by atoms with Crippen molar-refractivity contribution in [2.75, 3.05) is 19.6 Å². The van der Waals surface area contributed by atoms with Crippen LogP contribution in [0.1, 0.15) is 25.7 Å². The summed E-state index contributed by atoms with van der Waals surface area (Å²) in [7, 11) is 0. The summed E-state index contributed by atoms with van der Waals surface area (Å²) in [5.41, 5.74) is 5.63. The van der Waals surface area contributed by atoms with Gasteiger partial charge in [0.2, 0.25) is 11.8 Å². The van der Waals surface area contributed by atoms with Crippen molar-refractivity contribution in [2.45, 2.75) is 37.9 Å². The molecule has 0 bridgehead atoms. The number of alkyl halides is 3. The third kappa shape index (κ3) is 4.74. The zero-order chi connectivity index (χ0) is 15.6. The number of nitrogens with two attached hydrogens (primary N) is 1. The van der Waals surface area contributed by atoms with Gasteiger partial charge in [-0.1, -0.05) is 6.42 Å². The van der Waals surface area contributed by atoms with Crippen molar-refractivity contribution >= 4 is 24.2 Å². The lowest BCUT2D eigenvalue weighted by atomic mass is 10.0. The summed E-state index contributed by atoms with van der Waals surface area (Å²) in [6.07, 6.45) is -1.82. The van der Waals surface area contributed by atoms with Gasteiger partial charge in [0.15, 0.2) is 0 Å². The van der Waals surface area contributed by atoms with E-state index in [2.05, 4.69) is 5.32 Å². The minimum atomic E-state index is -4.43. The molecule has 3 atom stereocenters. The average molecular weight is 344 g/mol. The van der Waals surface area contributed by atoms with Gasteiger partial charge in [0, 0.05) is 19.0 Å². The van der Waals surface area contributed by atoms with Crippen LogP contribution in [0.25, 0.3) is 0 Å². The van der Waals surface area contributed by atoms with Gasteiger partial charge in [-0.25, -0.2) is 0 Å². The Balaban J connectivity index is 0.00000242. The van der Waals surface area contributed by atoms with Crippen molar-refractivity contribution in [1.82, 2.24) is 10.2 Å². The van der Waals surface area contributed by atoms with Crippen LogP contribution in [0.3, 0.4) is 0 Å². The first-order chi connectivity index (χ1) is 9.80. The molecule has 1 aliphatic carbocycles. The van der Waals surface area contributed by atoms with Gasteiger partial charge in [-0.05, 0) is 25.3 Å². The second-order valence-corrected chi connectivity index (χ2v) is 5.83. The highest BCUT2D eigenvalue weighted by Crippen LogP contribution is 2.27. The first kappa shape index (κ1) is 19.0. The van der Waals surface area contributed by atoms with Crippen LogP contribution in [0, 0.1) is 11.8 Å². The van der Waals surface area contributed by atoms with Crippen LogP contribution < -0.4 is 11.1 Å². The van der Waals surface area contributed by atoms with Crippen LogP contribution in [-0.2, 0) is 9.59 Å². The fourth-order valence-corrected chi connectivity index (χ4v) is 3.13. The molecule has 0 aromatic carbocycles. The van der Waals surface area contributed by atoms with Crippen molar-refractivity contribution in [1.29, 1.82) is 0 Å². The van der Waals surface area contributed by atoms with E-state index in [1.807, 2.05) is 0 Å². The highest BCUT2D eigenvalue weighted by molar-refractivity contribution is 5.89. The molecule has 0 radical (unpaired) electrons. The number of hydrogen-bond donors (Lipinski definition) is 2. The second-order valence-electron chi connectivity index (χ2n) is 5.83. The fourth-order valence-electron chi connectivity index (χ4n) is 3.13. The summed E-state index contributed by atoms with van der Waals surface area (Å²) in [6, 6.07) is -0.0192. The highest BCUT2D eigenvalue weighted by atomic mass is 35.5. The second kappa shape index (κ2) is 7.50. The number of nitrogens with one attached hydrogen (secondary N) is 1. The first-order valence-electron chi connectivity index (χ1n) is 7.15. The molecule has 2 aliphatic rings. The molecule has 2 amide bonds. The molecule has 22 heavy (non-hydrogen) atoms. The van der Waals surface area contributed by atoms with E-state index in [0.717, 1.165) is 19.3 Å². The quantitative estimate of drug-likeness (QED) is 0.801. The van der Waals surface area contributed by atoms with Gasteiger partial charge >= 0.3 is 6.18 Å². The van der Waals surface area contributed by atoms with E-state index >= 15 is 0 Å². The van der Waals surface area contributed by atoms with E-state index < -0.39 is 24.5 Å². The monoisotopic (exact) mass is 343 g/mol. The van der Waals surface area contributed by atoms with Crippen LogP contribution in [0.5, 0.6) is 0 Å². The molecule has 1 saturated heterocycles. The van der Waals surface area contributed by atoms with Crippen molar-refractivity contribution in [3.63, 3.8) is 0 Å². The van der Waals surface area contributed by atoms with Gasteiger partial charge in [0.1, 0.15) is 6.54 Å². The lowest BCUT2D eigenvalue weighted by molar-refractivity contribution is -0.157. The molecule has 2 fully saturated rings. The van der Waals surface area contributed by atoms with Crippen LogP contribution in [0.15, 0.2) is 0 Å². The molecule has 0 aromatic heterocycles. The number of nitrogens with zero attached hydrogens (tertiary/aromatic N) is 1. The molecular weight excluding hydrogens is 323 g/mol. The molecule has 3 N–H and O–H groups in total. The average Bonchev–Trinajstić information content (AvgIpc) is 2.95. The van der Waals surface area contributed by atoms with Gasteiger partial charge < -0.3 is 16.0 Å². The van der Waals surface area contributed by atoms with E-state index in [4.69, 9.17) is 5.73 Å². The molecule has 9 heteroatoms. The molecule has 0 aromatic rings. The molecular formula is C13H21ClF3N3O2. The Bertz CT molecular complexity index is 420. The third-order valence-corrected chi connectivity index (χ3v) is 4.24. The van der Waals surface area contributed by atoms with Crippen molar-refractivity contribution in [3.05, 3.63) is 0 Å². The number of carbonyl (C=O) groups excluding carboxylic acids is 2. The van der Waals surface area contributed by atoms with Crippen molar-refractivity contribution in [3.8, 4) is 0 Å². The van der Waals surface area contributed by atoms with Gasteiger partial charge in [-0.3, -0.25) is 9.59 Å². The molecule has 2 rings (SSSR count). The lowest BCUT2D eigenvalue weighted by Gasteiger charge is -2.22. The minimum absolute atomic E-state index is 0. The maximum atomic E-state index is 12.3. The molecule has 3 unspecified atom stereocenters. The predicted molar refractivity (Wildman–Crippen MR) is 76.3 cm³/mol. The third-order valence-electron chi connectivity index (χ3n) is 4.24. The smallest absolute Gasteiger partial charge is 0.353 e. The lowest BCUT2D eigenvalue weighted by Crippen LogP contribution is -2.43. The first-order valence-corrected chi connectivity index (χ1v) is 7.15. The Morgan fingerprint density at radius 1 is 1.36 bits per heavy atom. The number of carbonyl (C=O) groups is 2. The number of hydrogen-bond acceptors (Lipinski definition) is 3. The van der Waals surface area contributed by atoms with Crippen molar-refractivity contribution in [2.24, 2.45) is 17.6 Å². The molecule has 1 heterocycles. The number of halogens is 4. The van der Waals surface area contributed by atoms with Gasteiger partial charge in [0.05, 0.1) is 5.92 Å². The van der Waals surface area contributed by atoms with Crippen molar-refractivity contribution < 1.29 is 22.8 Å². The summed E-state index contributed by atoms with van der Waals surface area (Å²) < 4.78 is 37.0. The summed E-state index contributed by atoms with van der Waals surface area (Å²) in [6.45, 7) is -0.969. The van der Waals surface area contributed by atoms with Gasteiger partial charge in [-0.15, -0.1) is 12.4 Å².